The molecular formula is C34H35N3O4S. The lowest BCUT2D eigenvalue weighted by Crippen LogP contribution is -2.31. The quantitative estimate of drug-likeness (QED) is 0.175. The second-order valence-corrected chi connectivity index (χ2v) is 12.4. The van der Waals surface area contributed by atoms with Gasteiger partial charge in [0.2, 0.25) is 10.0 Å². The van der Waals surface area contributed by atoms with Crippen molar-refractivity contribution in [1.82, 2.24) is 9.55 Å². The number of fused-ring (bicyclic) bond motifs is 1. The van der Waals surface area contributed by atoms with E-state index in [9.17, 15) is 18.3 Å². The first kappa shape index (κ1) is 29.1. The number of sulfonamides is 1. The molecule has 5 rings (SSSR count). The average Bonchev–Trinajstić information content (AvgIpc) is 3.32. The summed E-state index contributed by atoms with van der Waals surface area (Å²) in [7, 11) is -3.51. The highest BCUT2D eigenvalue weighted by Crippen LogP contribution is 2.28. The highest BCUT2D eigenvalue weighted by Gasteiger charge is 2.20. The lowest BCUT2D eigenvalue weighted by Gasteiger charge is -2.23. The maximum atomic E-state index is 12.9. The number of hydrogen-bond donors (Lipinski definition) is 1. The van der Waals surface area contributed by atoms with Crippen LogP contribution in [0.5, 0.6) is 0 Å². The third-order valence-corrected chi connectivity index (χ3v) is 8.66. The molecule has 0 amide bonds. The van der Waals surface area contributed by atoms with Crippen LogP contribution in [0.1, 0.15) is 47.1 Å². The SMILES string of the molecule is CCCCc1nc2ccc(N(CCc3ccccc3)S(C)(=O)=O)cc2n1Cc1ccc(-c2ccccc2C(=O)O)cc1. The molecule has 0 aliphatic heterocycles. The van der Waals surface area contributed by atoms with E-state index in [0.717, 1.165) is 52.8 Å². The highest BCUT2D eigenvalue weighted by atomic mass is 32.2. The zero-order chi connectivity index (χ0) is 29.7. The molecule has 0 unspecified atom stereocenters. The van der Waals surface area contributed by atoms with E-state index in [0.29, 0.717) is 30.8 Å². The number of unbranched alkanes of at least 4 members (excludes halogenated alkanes) is 1. The third kappa shape index (κ3) is 6.55. The van der Waals surface area contributed by atoms with Gasteiger partial charge in [0, 0.05) is 19.5 Å². The fourth-order valence-corrected chi connectivity index (χ4v) is 6.19. The minimum absolute atomic E-state index is 0.267. The van der Waals surface area contributed by atoms with E-state index in [4.69, 9.17) is 4.98 Å². The Bertz CT molecular complexity index is 1800. The first-order chi connectivity index (χ1) is 20.2. The predicted molar refractivity (Wildman–Crippen MR) is 169 cm³/mol. The number of hydrogen-bond acceptors (Lipinski definition) is 4. The summed E-state index contributed by atoms with van der Waals surface area (Å²) in [6.07, 6.45) is 4.69. The third-order valence-electron chi connectivity index (χ3n) is 7.46. The van der Waals surface area contributed by atoms with Crippen molar-refractivity contribution in [2.24, 2.45) is 0 Å². The second kappa shape index (κ2) is 12.6. The molecule has 0 bridgehead atoms. The Morgan fingerprint density at radius 1 is 0.881 bits per heavy atom. The summed E-state index contributed by atoms with van der Waals surface area (Å²) in [5.41, 5.74) is 6.22. The maximum Gasteiger partial charge on any atom is 0.336 e. The summed E-state index contributed by atoms with van der Waals surface area (Å²) < 4.78 is 29.4. The molecule has 0 atom stereocenters. The minimum atomic E-state index is -3.51. The lowest BCUT2D eigenvalue weighted by atomic mass is 9.99. The Morgan fingerprint density at radius 2 is 1.60 bits per heavy atom. The minimum Gasteiger partial charge on any atom is -0.478 e. The van der Waals surface area contributed by atoms with Crippen molar-refractivity contribution < 1.29 is 18.3 Å². The van der Waals surface area contributed by atoms with E-state index in [-0.39, 0.29) is 5.56 Å². The molecule has 0 spiro atoms. The van der Waals surface area contributed by atoms with Crippen molar-refractivity contribution in [1.29, 1.82) is 0 Å². The smallest absolute Gasteiger partial charge is 0.336 e. The molecular weight excluding hydrogens is 546 g/mol. The highest BCUT2D eigenvalue weighted by molar-refractivity contribution is 7.92. The molecule has 5 aromatic rings. The van der Waals surface area contributed by atoms with Gasteiger partial charge in [0.1, 0.15) is 5.82 Å². The van der Waals surface area contributed by atoms with Gasteiger partial charge in [0.25, 0.3) is 0 Å². The van der Waals surface area contributed by atoms with Gasteiger partial charge in [-0.1, -0.05) is 86.1 Å². The number of nitrogens with zero attached hydrogens (tertiary/aromatic N) is 3. The van der Waals surface area contributed by atoms with Gasteiger partial charge in [0.15, 0.2) is 0 Å². The van der Waals surface area contributed by atoms with Crippen molar-refractivity contribution in [2.45, 2.75) is 39.2 Å². The topological polar surface area (TPSA) is 92.5 Å². The van der Waals surface area contributed by atoms with Gasteiger partial charge in [0.05, 0.1) is 28.5 Å². The van der Waals surface area contributed by atoms with E-state index >= 15 is 0 Å². The van der Waals surface area contributed by atoms with Crippen LogP contribution in [-0.2, 0) is 29.4 Å². The Kier molecular flexibility index (Phi) is 8.73. The monoisotopic (exact) mass is 581 g/mol. The molecule has 0 aliphatic carbocycles. The number of benzene rings is 4. The summed E-state index contributed by atoms with van der Waals surface area (Å²) in [5.74, 6) is 0.00216. The molecule has 1 N–H and O–H groups in total. The van der Waals surface area contributed by atoms with Crippen molar-refractivity contribution in [3.05, 3.63) is 120 Å². The van der Waals surface area contributed by atoms with Gasteiger partial charge < -0.3 is 9.67 Å². The van der Waals surface area contributed by atoms with Gasteiger partial charge in [-0.15, -0.1) is 0 Å². The van der Waals surface area contributed by atoms with Crippen LogP contribution in [0.15, 0.2) is 97.1 Å². The number of aromatic nitrogens is 2. The molecule has 0 saturated heterocycles. The number of aromatic carboxylic acids is 1. The second-order valence-electron chi connectivity index (χ2n) is 10.5. The first-order valence-corrected chi connectivity index (χ1v) is 16.0. The number of aryl methyl sites for hydroxylation is 1. The van der Waals surface area contributed by atoms with Gasteiger partial charge in [-0.05, 0) is 59.4 Å². The Balaban J connectivity index is 1.49. The molecule has 8 heteroatoms. The van der Waals surface area contributed by atoms with Gasteiger partial charge >= 0.3 is 5.97 Å². The number of rotatable bonds is 12. The standard InChI is InChI=1S/C34H35N3O4S/c1-3-4-14-33-35-31-20-19-28(37(42(2,40)41)22-21-25-10-6-5-7-11-25)23-32(31)36(33)24-26-15-17-27(18-16-26)29-12-8-9-13-30(29)34(38)39/h5-13,15-20,23H,3-4,14,21-22,24H2,1-2H3,(H,38,39). The van der Waals surface area contributed by atoms with Gasteiger partial charge in [-0.25, -0.2) is 18.2 Å². The molecule has 1 aromatic heterocycles. The van der Waals surface area contributed by atoms with Gasteiger partial charge in [-0.3, -0.25) is 4.31 Å². The number of carboxylic acids is 1. The largest absolute Gasteiger partial charge is 0.478 e. The number of anilines is 1. The van der Waals surface area contributed by atoms with Crippen LogP contribution in [0.2, 0.25) is 0 Å². The molecule has 0 radical (unpaired) electrons. The van der Waals surface area contributed by atoms with E-state index < -0.39 is 16.0 Å². The van der Waals surface area contributed by atoms with Crippen LogP contribution in [0.4, 0.5) is 5.69 Å². The van der Waals surface area contributed by atoms with Crippen LogP contribution in [0.3, 0.4) is 0 Å². The first-order valence-electron chi connectivity index (χ1n) is 14.2. The molecule has 0 fully saturated rings. The predicted octanol–water partition coefficient (Wildman–Crippen LogP) is 6.80. The van der Waals surface area contributed by atoms with Crippen molar-refractivity contribution in [3.8, 4) is 11.1 Å². The van der Waals surface area contributed by atoms with Crippen LogP contribution >= 0.6 is 0 Å². The number of carboxylic acid groups (broad SMARTS) is 1. The molecule has 7 nitrogen and oxygen atoms in total. The Labute approximate surface area is 247 Å². The van der Waals surface area contributed by atoms with Crippen molar-refractivity contribution >= 4 is 32.7 Å². The Morgan fingerprint density at radius 3 is 2.29 bits per heavy atom. The fourth-order valence-electron chi connectivity index (χ4n) is 5.27. The van der Waals surface area contributed by atoms with E-state index in [2.05, 4.69) is 11.5 Å². The van der Waals surface area contributed by atoms with Gasteiger partial charge in [-0.2, -0.15) is 0 Å². The fraction of sp³-hybridized carbons (Fsp3) is 0.235. The summed E-state index contributed by atoms with van der Waals surface area (Å²) in [4.78, 5) is 16.6. The molecule has 42 heavy (non-hydrogen) atoms. The van der Waals surface area contributed by atoms with E-state index in [1.165, 1.54) is 10.6 Å². The number of carbonyl (C=O) groups is 1. The summed E-state index contributed by atoms with van der Waals surface area (Å²) in [6.45, 7) is 3.04. The van der Waals surface area contributed by atoms with Crippen LogP contribution in [0, 0.1) is 0 Å². The normalized spacial score (nSPS) is 11.6. The van der Waals surface area contributed by atoms with Crippen LogP contribution < -0.4 is 4.31 Å². The molecule has 4 aromatic carbocycles. The zero-order valence-corrected chi connectivity index (χ0v) is 24.7. The lowest BCUT2D eigenvalue weighted by molar-refractivity contribution is 0.0697. The summed E-state index contributed by atoms with van der Waals surface area (Å²) in [6, 6.07) is 30.5. The number of imidazole rings is 1. The average molecular weight is 582 g/mol. The molecule has 216 valence electrons. The zero-order valence-electron chi connectivity index (χ0n) is 23.9. The van der Waals surface area contributed by atoms with E-state index in [1.54, 1.807) is 12.1 Å². The van der Waals surface area contributed by atoms with Crippen molar-refractivity contribution in [3.63, 3.8) is 0 Å². The summed E-state index contributed by atoms with van der Waals surface area (Å²) >= 11 is 0. The van der Waals surface area contributed by atoms with E-state index in [1.807, 2.05) is 84.9 Å². The summed E-state index contributed by atoms with van der Waals surface area (Å²) in [5, 5.41) is 9.61. The molecule has 0 aliphatic rings. The van der Waals surface area contributed by atoms with Crippen molar-refractivity contribution in [2.75, 3.05) is 17.1 Å². The molecule has 0 saturated carbocycles. The molecule has 1 heterocycles. The van der Waals surface area contributed by atoms with Crippen LogP contribution in [0.25, 0.3) is 22.2 Å². The van der Waals surface area contributed by atoms with Crippen LogP contribution in [-0.4, -0.2) is 41.8 Å². The maximum absolute atomic E-state index is 12.9. The Hall–Kier alpha value is -4.43.